The van der Waals surface area contributed by atoms with E-state index < -0.39 is 0 Å². The van der Waals surface area contributed by atoms with Gasteiger partial charge in [-0.2, -0.15) is 0 Å². The number of hydrogen-bond donors (Lipinski definition) is 1. The maximum absolute atomic E-state index is 12.0. The van der Waals surface area contributed by atoms with E-state index in [0.717, 1.165) is 31.5 Å². The molecule has 0 saturated carbocycles. The Kier molecular flexibility index (Phi) is 3.97. The molecule has 86 valence electrons. The highest BCUT2D eigenvalue weighted by Crippen LogP contribution is 2.19. The summed E-state index contributed by atoms with van der Waals surface area (Å²) < 4.78 is 0. The number of carbonyl (C=O) groups is 1. The smallest absolute Gasteiger partial charge is 0.141 e. The molecule has 1 aromatic carbocycles. The Morgan fingerprint density at radius 1 is 1.44 bits per heavy atom. The van der Waals surface area contributed by atoms with Gasteiger partial charge in [-0.1, -0.05) is 29.8 Å². The predicted octanol–water partition coefficient (Wildman–Crippen LogP) is 2.45. The molecule has 0 bridgehead atoms. The van der Waals surface area contributed by atoms with Gasteiger partial charge in [0.1, 0.15) is 5.78 Å². The lowest BCUT2D eigenvalue weighted by Gasteiger charge is -2.21. The highest BCUT2D eigenvalue weighted by atomic mass is 35.5. The summed E-state index contributed by atoms with van der Waals surface area (Å²) in [5.74, 6) is 0.477. The maximum atomic E-state index is 12.0. The Hall–Kier alpha value is -0.860. The minimum Gasteiger partial charge on any atom is -0.316 e. The van der Waals surface area contributed by atoms with E-state index in [9.17, 15) is 4.79 Å². The number of Topliss-reactive ketones (excluding diaryl/α,β-unsaturated/α-hetero) is 1. The first kappa shape index (κ1) is 11.6. The molecule has 1 aromatic rings. The molecule has 1 heterocycles. The SMILES string of the molecule is O=C(Cc1ccccc1Cl)C1CCCNC1. The molecule has 1 aliphatic rings. The number of benzene rings is 1. The van der Waals surface area contributed by atoms with Crippen LogP contribution < -0.4 is 5.32 Å². The minimum atomic E-state index is 0.171. The monoisotopic (exact) mass is 237 g/mol. The molecule has 1 aliphatic heterocycles. The van der Waals surface area contributed by atoms with Gasteiger partial charge >= 0.3 is 0 Å². The van der Waals surface area contributed by atoms with Crippen LogP contribution in [0.25, 0.3) is 0 Å². The molecular weight excluding hydrogens is 222 g/mol. The third kappa shape index (κ3) is 2.83. The third-order valence-corrected chi connectivity index (χ3v) is 3.44. The van der Waals surface area contributed by atoms with Gasteiger partial charge in [-0.25, -0.2) is 0 Å². The Bertz CT molecular complexity index is 372. The van der Waals surface area contributed by atoms with E-state index in [0.29, 0.717) is 17.2 Å². The van der Waals surface area contributed by atoms with Gasteiger partial charge in [-0.3, -0.25) is 4.79 Å². The van der Waals surface area contributed by atoms with Crippen LogP contribution in [0.1, 0.15) is 18.4 Å². The molecule has 0 radical (unpaired) electrons. The fourth-order valence-electron chi connectivity index (χ4n) is 2.10. The van der Waals surface area contributed by atoms with Crippen LogP contribution in [0.4, 0.5) is 0 Å². The number of halogens is 1. The Labute approximate surface area is 101 Å². The molecule has 2 rings (SSSR count). The van der Waals surface area contributed by atoms with E-state index in [1.807, 2.05) is 24.3 Å². The first-order chi connectivity index (χ1) is 7.77. The Balaban J connectivity index is 1.99. The second-order valence-corrected chi connectivity index (χ2v) is 4.68. The average Bonchev–Trinajstić information content (AvgIpc) is 2.33. The molecule has 3 heteroatoms. The average molecular weight is 238 g/mol. The molecular formula is C13H16ClNO. The largest absolute Gasteiger partial charge is 0.316 e. The number of rotatable bonds is 3. The molecule has 1 atom stereocenters. The molecule has 1 fully saturated rings. The number of ketones is 1. The summed E-state index contributed by atoms with van der Waals surface area (Å²) in [5, 5.41) is 3.96. The predicted molar refractivity (Wildman–Crippen MR) is 65.8 cm³/mol. The fourth-order valence-corrected chi connectivity index (χ4v) is 2.30. The molecule has 2 nitrogen and oxygen atoms in total. The lowest BCUT2D eigenvalue weighted by Crippen LogP contribution is -2.35. The highest BCUT2D eigenvalue weighted by molar-refractivity contribution is 6.31. The molecule has 1 saturated heterocycles. The normalized spacial score (nSPS) is 20.7. The van der Waals surface area contributed by atoms with Crippen LogP contribution in [0.3, 0.4) is 0 Å². The second kappa shape index (κ2) is 5.46. The fraction of sp³-hybridized carbons (Fsp3) is 0.462. The molecule has 16 heavy (non-hydrogen) atoms. The Morgan fingerprint density at radius 3 is 2.94 bits per heavy atom. The topological polar surface area (TPSA) is 29.1 Å². The summed E-state index contributed by atoms with van der Waals surface area (Å²) in [6.07, 6.45) is 2.57. The van der Waals surface area contributed by atoms with Crippen molar-refractivity contribution in [2.45, 2.75) is 19.3 Å². The quantitative estimate of drug-likeness (QED) is 0.875. The minimum absolute atomic E-state index is 0.171. The molecule has 0 aromatic heterocycles. The molecule has 0 aliphatic carbocycles. The lowest BCUT2D eigenvalue weighted by atomic mass is 9.91. The van der Waals surface area contributed by atoms with Crippen LogP contribution in [0.2, 0.25) is 5.02 Å². The van der Waals surface area contributed by atoms with Gasteiger partial charge in [-0.15, -0.1) is 0 Å². The van der Waals surface area contributed by atoms with Crippen LogP contribution in [0, 0.1) is 5.92 Å². The van der Waals surface area contributed by atoms with E-state index in [1.165, 1.54) is 0 Å². The summed E-state index contributed by atoms with van der Waals surface area (Å²) in [7, 11) is 0. The van der Waals surface area contributed by atoms with Crippen molar-refractivity contribution in [1.29, 1.82) is 0 Å². The van der Waals surface area contributed by atoms with Crippen molar-refractivity contribution in [2.24, 2.45) is 5.92 Å². The number of nitrogens with one attached hydrogen (secondary N) is 1. The van der Waals surface area contributed by atoms with E-state index in [2.05, 4.69) is 5.32 Å². The van der Waals surface area contributed by atoms with Gasteiger partial charge in [0, 0.05) is 23.9 Å². The zero-order chi connectivity index (χ0) is 11.4. The summed E-state index contributed by atoms with van der Waals surface area (Å²) in [4.78, 5) is 12.0. The standard InChI is InChI=1S/C13H16ClNO/c14-12-6-2-1-4-10(12)8-13(16)11-5-3-7-15-9-11/h1-2,4,6,11,15H,3,5,7-9H2. The summed E-state index contributed by atoms with van der Waals surface area (Å²) in [6, 6.07) is 7.58. The van der Waals surface area contributed by atoms with E-state index in [4.69, 9.17) is 11.6 Å². The zero-order valence-corrected chi connectivity index (χ0v) is 9.96. The number of hydrogen-bond acceptors (Lipinski definition) is 2. The van der Waals surface area contributed by atoms with Gasteiger partial charge < -0.3 is 5.32 Å². The van der Waals surface area contributed by atoms with Crippen molar-refractivity contribution >= 4 is 17.4 Å². The molecule has 0 spiro atoms. The van der Waals surface area contributed by atoms with Gasteiger partial charge in [0.05, 0.1) is 0 Å². The first-order valence-electron chi connectivity index (χ1n) is 5.74. The van der Waals surface area contributed by atoms with Gasteiger partial charge in [0.2, 0.25) is 0 Å². The van der Waals surface area contributed by atoms with Crippen molar-refractivity contribution in [2.75, 3.05) is 13.1 Å². The van der Waals surface area contributed by atoms with Crippen LogP contribution >= 0.6 is 11.6 Å². The highest BCUT2D eigenvalue weighted by Gasteiger charge is 2.21. The van der Waals surface area contributed by atoms with Gasteiger partial charge in [0.25, 0.3) is 0 Å². The van der Waals surface area contributed by atoms with E-state index in [1.54, 1.807) is 0 Å². The molecule has 0 amide bonds. The van der Waals surface area contributed by atoms with E-state index >= 15 is 0 Å². The van der Waals surface area contributed by atoms with Crippen molar-refractivity contribution in [1.82, 2.24) is 5.32 Å². The lowest BCUT2D eigenvalue weighted by molar-refractivity contribution is -0.122. The van der Waals surface area contributed by atoms with Crippen LogP contribution in [-0.4, -0.2) is 18.9 Å². The summed E-state index contributed by atoms with van der Waals surface area (Å²) in [6.45, 7) is 1.86. The summed E-state index contributed by atoms with van der Waals surface area (Å²) in [5.41, 5.74) is 0.944. The van der Waals surface area contributed by atoms with Crippen molar-refractivity contribution < 1.29 is 4.79 Å². The van der Waals surface area contributed by atoms with Crippen molar-refractivity contribution in [3.8, 4) is 0 Å². The second-order valence-electron chi connectivity index (χ2n) is 4.28. The third-order valence-electron chi connectivity index (χ3n) is 3.07. The zero-order valence-electron chi connectivity index (χ0n) is 9.21. The van der Waals surface area contributed by atoms with Gasteiger partial charge in [0.15, 0.2) is 0 Å². The first-order valence-corrected chi connectivity index (χ1v) is 6.12. The number of piperidine rings is 1. The van der Waals surface area contributed by atoms with Gasteiger partial charge in [-0.05, 0) is 31.0 Å². The van der Waals surface area contributed by atoms with Crippen molar-refractivity contribution in [3.05, 3.63) is 34.9 Å². The maximum Gasteiger partial charge on any atom is 0.141 e. The van der Waals surface area contributed by atoms with Crippen LogP contribution in [0.5, 0.6) is 0 Å². The van der Waals surface area contributed by atoms with Crippen LogP contribution in [-0.2, 0) is 11.2 Å². The summed E-state index contributed by atoms with van der Waals surface area (Å²) >= 11 is 6.04. The number of carbonyl (C=O) groups excluding carboxylic acids is 1. The van der Waals surface area contributed by atoms with E-state index in [-0.39, 0.29) is 5.92 Å². The molecule has 1 unspecified atom stereocenters. The van der Waals surface area contributed by atoms with Crippen molar-refractivity contribution in [3.63, 3.8) is 0 Å². The van der Waals surface area contributed by atoms with Crippen LogP contribution in [0.15, 0.2) is 24.3 Å². The molecule has 1 N–H and O–H groups in total. The Morgan fingerprint density at radius 2 is 2.25 bits per heavy atom.